The van der Waals surface area contributed by atoms with Gasteiger partial charge in [0, 0.05) is 23.2 Å². The Morgan fingerprint density at radius 1 is 1.46 bits per heavy atom. The van der Waals surface area contributed by atoms with Gasteiger partial charge in [-0.15, -0.1) is 11.3 Å². The molecule has 1 fully saturated rings. The van der Waals surface area contributed by atoms with Gasteiger partial charge < -0.3 is 11.1 Å². The fourth-order valence-corrected chi connectivity index (χ4v) is 2.61. The first kappa shape index (κ1) is 9.03. The first-order valence-corrected chi connectivity index (χ1v) is 5.79. The fourth-order valence-electron chi connectivity index (χ4n) is 1.86. The van der Waals surface area contributed by atoms with Crippen LogP contribution >= 0.6 is 11.3 Å². The number of thiophene rings is 1. The lowest BCUT2D eigenvalue weighted by Gasteiger charge is -2.10. The van der Waals surface area contributed by atoms with E-state index in [-0.39, 0.29) is 0 Å². The zero-order valence-electron chi connectivity index (χ0n) is 7.75. The molecule has 0 aromatic carbocycles. The van der Waals surface area contributed by atoms with Crippen molar-refractivity contribution in [3.63, 3.8) is 0 Å². The number of nitrogens with two attached hydrogens (primary N) is 1. The molecular formula is C10H16N2S. The van der Waals surface area contributed by atoms with Gasteiger partial charge in [-0.1, -0.05) is 12.8 Å². The van der Waals surface area contributed by atoms with Crippen LogP contribution in [0.25, 0.3) is 0 Å². The number of hydrogen-bond donors (Lipinski definition) is 2. The van der Waals surface area contributed by atoms with Crippen molar-refractivity contribution in [2.24, 2.45) is 0 Å². The van der Waals surface area contributed by atoms with Gasteiger partial charge in [-0.3, -0.25) is 0 Å². The summed E-state index contributed by atoms with van der Waals surface area (Å²) in [4.78, 5) is 1.28. The van der Waals surface area contributed by atoms with Crippen molar-refractivity contribution in [2.75, 3.05) is 5.73 Å². The van der Waals surface area contributed by atoms with E-state index in [1.54, 1.807) is 11.3 Å². The molecule has 1 saturated carbocycles. The van der Waals surface area contributed by atoms with Crippen molar-refractivity contribution >= 4 is 17.0 Å². The third-order valence-corrected chi connectivity index (χ3v) is 3.62. The summed E-state index contributed by atoms with van der Waals surface area (Å²) in [7, 11) is 0. The molecule has 1 heterocycles. The Balaban J connectivity index is 1.82. The minimum absolute atomic E-state index is 0.737. The quantitative estimate of drug-likeness (QED) is 0.779. The van der Waals surface area contributed by atoms with Crippen molar-refractivity contribution < 1.29 is 0 Å². The predicted octanol–water partition coefficient (Wildman–Crippen LogP) is 2.36. The Bertz CT molecular complexity index is 264. The van der Waals surface area contributed by atoms with Crippen LogP contribution in [0.4, 0.5) is 5.69 Å². The summed E-state index contributed by atoms with van der Waals surface area (Å²) in [6, 6.07) is 2.72. The second-order valence-electron chi connectivity index (χ2n) is 3.66. The Morgan fingerprint density at radius 2 is 2.23 bits per heavy atom. The summed E-state index contributed by atoms with van der Waals surface area (Å²) < 4.78 is 0. The number of nitrogen functional groups attached to an aromatic ring is 1. The molecule has 2 rings (SSSR count). The lowest BCUT2D eigenvalue weighted by molar-refractivity contribution is 0.527. The highest BCUT2D eigenvalue weighted by molar-refractivity contribution is 7.10. The van der Waals surface area contributed by atoms with Gasteiger partial charge in [-0.25, -0.2) is 0 Å². The van der Waals surface area contributed by atoms with Gasteiger partial charge in [-0.2, -0.15) is 0 Å². The molecule has 1 aliphatic rings. The van der Waals surface area contributed by atoms with Crippen molar-refractivity contribution in [3.05, 3.63) is 16.3 Å². The van der Waals surface area contributed by atoms with E-state index in [0.717, 1.165) is 18.3 Å². The highest BCUT2D eigenvalue weighted by Crippen LogP contribution is 2.21. The summed E-state index contributed by atoms with van der Waals surface area (Å²) in [6.07, 6.45) is 5.45. The molecule has 2 nitrogen and oxygen atoms in total. The smallest absolute Gasteiger partial charge is 0.0468 e. The van der Waals surface area contributed by atoms with Crippen molar-refractivity contribution in [1.82, 2.24) is 5.32 Å². The number of rotatable bonds is 3. The minimum atomic E-state index is 0.737. The normalized spacial score (nSPS) is 18.2. The summed E-state index contributed by atoms with van der Waals surface area (Å²) in [6.45, 7) is 0.953. The first-order valence-electron chi connectivity index (χ1n) is 4.91. The van der Waals surface area contributed by atoms with Crippen molar-refractivity contribution in [2.45, 2.75) is 38.3 Å². The van der Waals surface area contributed by atoms with Crippen molar-refractivity contribution in [1.29, 1.82) is 0 Å². The molecule has 0 atom stereocenters. The zero-order chi connectivity index (χ0) is 9.10. The van der Waals surface area contributed by atoms with Gasteiger partial charge in [0.15, 0.2) is 0 Å². The third-order valence-electron chi connectivity index (χ3n) is 2.69. The maximum Gasteiger partial charge on any atom is 0.0468 e. The maximum absolute atomic E-state index is 5.80. The number of anilines is 1. The highest BCUT2D eigenvalue weighted by atomic mass is 32.1. The van der Waals surface area contributed by atoms with Crippen LogP contribution in [-0.2, 0) is 6.54 Å². The van der Waals surface area contributed by atoms with Crippen LogP contribution in [0.3, 0.4) is 0 Å². The standard InChI is InChI=1S/C10H16N2S/c11-9-5-6-13-10(9)7-12-8-3-1-2-4-8/h5-6,8,12H,1-4,7,11H2. The molecule has 3 heteroatoms. The molecule has 3 N–H and O–H groups in total. The van der Waals surface area contributed by atoms with Gasteiger partial charge in [0.05, 0.1) is 0 Å². The third kappa shape index (κ3) is 2.23. The predicted molar refractivity (Wildman–Crippen MR) is 57.8 cm³/mol. The molecule has 72 valence electrons. The Labute approximate surface area is 83.1 Å². The van der Waals surface area contributed by atoms with Crippen LogP contribution in [-0.4, -0.2) is 6.04 Å². The highest BCUT2D eigenvalue weighted by Gasteiger charge is 2.14. The van der Waals surface area contributed by atoms with Crippen LogP contribution in [0.2, 0.25) is 0 Å². The summed E-state index contributed by atoms with van der Waals surface area (Å²) in [5, 5.41) is 5.61. The zero-order valence-corrected chi connectivity index (χ0v) is 8.57. The average molecular weight is 196 g/mol. The molecule has 1 aliphatic carbocycles. The molecule has 13 heavy (non-hydrogen) atoms. The fraction of sp³-hybridized carbons (Fsp3) is 0.600. The van der Waals surface area contributed by atoms with E-state index in [2.05, 4.69) is 10.7 Å². The minimum Gasteiger partial charge on any atom is -0.398 e. The van der Waals surface area contributed by atoms with Gasteiger partial charge in [0.1, 0.15) is 0 Å². The largest absolute Gasteiger partial charge is 0.398 e. The first-order chi connectivity index (χ1) is 6.36. The van der Waals surface area contributed by atoms with E-state index in [1.165, 1.54) is 30.6 Å². The van der Waals surface area contributed by atoms with E-state index in [1.807, 2.05) is 6.07 Å². The second-order valence-corrected chi connectivity index (χ2v) is 4.66. The van der Waals surface area contributed by atoms with Crippen LogP contribution in [0.1, 0.15) is 30.6 Å². The second kappa shape index (κ2) is 4.11. The molecule has 0 unspecified atom stereocenters. The summed E-state index contributed by atoms with van der Waals surface area (Å²) in [5.74, 6) is 0. The van der Waals surface area contributed by atoms with Gasteiger partial charge >= 0.3 is 0 Å². The van der Waals surface area contributed by atoms with Gasteiger partial charge in [-0.05, 0) is 24.3 Å². The van der Waals surface area contributed by atoms with Gasteiger partial charge in [0.2, 0.25) is 0 Å². The van der Waals surface area contributed by atoms with E-state index in [9.17, 15) is 0 Å². The molecule has 1 aromatic rings. The van der Waals surface area contributed by atoms with Crippen LogP contribution in [0.5, 0.6) is 0 Å². The van der Waals surface area contributed by atoms with Crippen molar-refractivity contribution in [3.8, 4) is 0 Å². The summed E-state index contributed by atoms with van der Waals surface area (Å²) >= 11 is 1.75. The monoisotopic (exact) mass is 196 g/mol. The van der Waals surface area contributed by atoms with Crippen LogP contribution in [0.15, 0.2) is 11.4 Å². The lowest BCUT2D eigenvalue weighted by atomic mass is 10.2. The topological polar surface area (TPSA) is 38.0 Å². The summed E-state index contributed by atoms with van der Waals surface area (Å²) in [5.41, 5.74) is 6.74. The number of nitrogens with one attached hydrogen (secondary N) is 1. The molecule has 1 aromatic heterocycles. The van der Waals surface area contributed by atoms with Crippen LogP contribution in [0, 0.1) is 0 Å². The molecule has 0 amide bonds. The maximum atomic E-state index is 5.80. The van der Waals surface area contributed by atoms with Gasteiger partial charge in [0.25, 0.3) is 0 Å². The average Bonchev–Trinajstić information content (AvgIpc) is 2.72. The Hall–Kier alpha value is -0.540. The number of hydrogen-bond acceptors (Lipinski definition) is 3. The molecular weight excluding hydrogens is 180 g/mol. The lowest BCUT2D eigenvalue weighted by Crippen LogP contribution is -2.25. The molecule has 0 saturated heterocycles. The SMILES string of the molecule is Nc1ccsc1CNC1CCCC1. The molecule has 0 radical (unpaired) electrons. The van der Waals surface area contributed by atoms with E-state index >= 15 is 0 Å². The van der Waals surface area contributed by atoms with Crippen LogP contribution < -0.4 is 11.1 Å². The van der Waals surface area contributed by atoms with E-state index < -0.39 is 0 Å². The molecule has 0 bridgehead atoms. The Kier molecular flexibility index (Phi) is 2.86. The molecule has 0 spiro atoms. The Morgan fingerprint density at radius 3 is 2.85 bits per heavy atom. The van der Waals surface area contributed by atoms with E-state index in [0.29, 0.717) is 0 Å². The molecule has 0 aliphatic heterocycles. The van der Waals surface area contributed by atoms with E-state index in [4.69, 9.17) is 5.73 Å².